The zero-order valence-corrected chi connectivity index (χ0v) is 14.7. The van der Waals surface area contributed by atoms with Crippen molar-refractivity contribution in [2.24, 2.45) is 0 Å². The number of para-hydroxylation sites is 1. The summed E-state index contributed by atoms with van der Waals surface area (Å²) < 4.78 is 5.43. The summed E-state index contributed by atoms with van der Waals surface area (Å²) in [5.74, 6) is -0.130. The number of aryl methyl sites for hydroxylation is 2. The molecule has 0 atom stereocenters. The Morgan fingerprint density at radius 3 is 2.40 bits per heavy atom. The predicted molar refractivity (Wildman–Crippen MR) is 97.3 cm³/mol. The van der Waals surface area contributed by atoms with Crippen molar-refractivity contribution < 1.29 is 14.3 Å². The summed E-state index contributed by atoms with van der Waals surface area (Å²) in [5.41, 5.74) is 7.40. The molecule has 0 heterocycles. The highest BCUT2D eigenvalue weighted by Crippen LogP contribution is 2.15. The lowest BCUT2D eigenvalue weighted by molar-refractivity contribution is -0.123. The Kier molecular flexibility index (Phi) is 7.01. The van der Waals surface area contributed by atoms with Crippen molar-refractivity contribution in [3.8, 4) is 5.75 Å². The van der Waals surface area contributed by atoms with Gasteiger partial charge in [-0.05, 0) is 49.1 Å². The first-order chi connectivity index (χ1) is 12.1. The van der Waals surface area contributed by atoms with Gasteiger partial charge in [0.15, 0.2) is 6.61 Å². The molecule has 0 spiro atoms. The Hall–Kier alpha value is -2.82. The minimum Gasteiger partial charge on any atom is -0.483 e. The molecule has 2 N–H and O–H groups in total. The SMILES string of the molecule is CCCCc1ccc(C(=O)NNC(=O)COc2ccccc2C)cc1. The molecule has 0 radical (unpaired) electrons. The van der Waals surface area contributed by atoms with E-state index in [9.17, 15) is 9.59 Å². The minimum atomic E-state index is -0.420. The smallest absolute Gasteiger partial charge is 0.276 e. The molecule has 2 amide bonds. The maximum Gasteiger partial charge on any atom is 0.276 e. The minimum absolute atomic E-state index is 0.166. The summed E-state index contributed by atoms with van der Waals surface area (Å²) >= 11 is 0. The number of carbonyl (C=O) groups excluding carboxylic acids is 2. The molecule has 5 heteroatoms. The largest absolute Gasteiger partial charge is 0.483 e. The predicted octanol–water partition coefficient (Wildman–Crippen LogP) is 3.18. The molecule has 0 aliphatic carbocycles. The van der Waals surface area contributed by atoms with E-state index in [-0.39, 0.29) is 12.5 Å². The third-order valence-electron chi connectivity index (χ3n) is 3.80. The summed E-state index contributed by atoms with van der Waals surface area (Å²) in [7, 11) is 0. The van der Waals surface area contributed by atoms with Gasteiger partial charge in [-0.25, -0.2) is 0 Å². The lowest BCUT2D eigenvalue weighted by atomic mass is 10.1. The molecular formula is C20H24N2O3. The van der Waals surface area contributed by atoms with E-state index in [2.05, 4.69) is 17.8 Å². The molecule has 2 aromatic carbocycles. The molecule has 0 aromatic heterocycles. The summed E-state index contributed by atoms with van der Waals surface area (Å²) in [6.45, 7) is 3.88. The van der Waals surface area contributed by atoms with Crippen LogP contribution in [0.15, 0.2) is 48.5 Å². The van der Waals surface area contributed by atoms with Gasteiger partial charge in [0.05, 0.1) is 0 Å². The van der Waals surface area contributed by atoms with Crippen LogP contribution in [-0.2, 0) is 11.2 Å². The topological polar surface area (TPSA) is 67.4 Å². The van der Waals surface area contributed by atoms with Gasteiger partial charge in [-0.2, -0.15) is 0 Å². The van der Waals surface area contributed by atoms with Crippen LogP contribution >= 0.6 is 0 Å². The van der Waals surface area contributed by atoms with E-state index in [1.54, 1.807) is 18.2 Å². The lowest BCUT2D eigenvalue weighted by Gasteiger charge is -2.10. The highest BCUT2D eigenvalue weighted by atomic mass is 16.5. The van der Waals surface area contributed by atoms with Crippen LogP contribution in [0.5, 0.6) is 5.75 Å². The maximum absolute atomic E-state index is 12.0. The fourth-order valence-electron chi connectivity index (χ4n) is 2.30. The Bertz CT molecular complexity index is 711. The number of rotatable bonds is 7. The van der Waals surface area contributed by atoms with E-state index in [0.717, 1.165) is 24.8 Å². The molecule has 0 unspecified atom stereocenters. The lowest BCUT2D eigenvalue weighted by Crippen LogP contribution is -2.43. The Balaban J connectivity index is 1.77. The van der Waals surface area contributed by atoms with Gasteiger partial charge in [0.1, 0.15) is 5.75 Å². The van der Waals surface area contributed by atoms with Gasteiger partial charge in [0.2, 0.25) is 0 Å². The van der Waals surface area contributed by atoms with Gasteiger partial charge >= 0.3 is 0 Å². The second-order valence-electron chi connectivity index (χ2n) is 5.86. The van der Waals surface area contributed by atoms with Crippen LogP contribution < -0.4 is 15.6 Å². The second-order valence-corrected chi connectivity index (χ2v) is 5.86. The van der Waals surface area contributed by atoms with Gasteiger partial charge in [-0.15, -0.1) is 0 Å². The van der Waals surface area contributed by atoms with E-state index < -0.39 is 5.91 Å². The van der Waals surface area contributed by atoms with Crippen LogP contribution in [0.3, 0.4) is 0 Å². The van der Waals surface area contributed by atoms with Crippen LogP contribution in [0, 0.1) is 6.92 Å². The average Bonchev–Trinajstić information content (AvgIpc) is 2.64. The van der Waals surface area contributed by atoms with E-state index >= 15 is 0 Å². The zero-order chi connectivity index (χ0) is 18.1. The van der Waals surface area contributed by atoms with Crippen molar-refractivity contribution >= 4 is 11.8 Å². The van der Waals surface area contributed by atoms with Crippen LogP contribution in [-0.4, -0.2) is 18.4 Å². The van der Waals surface area contributed by atoms with E-state index in [0.29, 0.717) is 11.3 Å². The number of carbonyl (C=O) groups is 2. The monoisotopic (exact) mass is 340 g/mol. The number of unbranched alkanes of at least 4 members (excludes halogenated alkanes) is 1. The third-order valence-corrected chi connectivity index (χ3v) is 3.80. The molecule has 2 aromatic rings. The Labute approximate surface area is 148 Å². The molecule has 25 heavy (non-hydrogen) atoms. The van der Waals surface area contributed by atoms with Crippen molar-refractivity contribution in [2.75, 3.05) is 6.61 Å². The first-order valence-electron chi connectivity index (χ1n) is 8.46. The number of hydrogen-bond acceptors (Lipinski definition) is 3. The number of nitrogens with one attached hydrogen (secondary N) is 2. The third kappa shape index (κ3) is 5.95. The highest BCUT2D eigenvalue weighted by Gasteiger charge is 2.08. The van der Waals surface area contributed by atoms with Crippen LogP contribution in [0.4, 0.5) is 0 Å². The van der Waals surface area contributed by atoms with Gasteiger partial charge in [0, 0.05) is 5.56 Å². The molecule has 0 saturated heterocycles. The van der Waals surface area contributed by atoms with Crippen molar-refractivity contribution in [1.82, 2.24) is 10.9 Å². The fourth-order valence-corrected chi connectivity index (χ4v) is 2.30. The molecule has 0 fully saturated rings. The molecule has 0 aliphatic heterocycles. The fraction of sp³-hybridized carbons (Fsp3) is 0.300. The summed E-state index contributed by atoms with van der Waals surface area (Å²) in [6, 6.07) is 14.8. The highest BCUT2D eigenvalue weighted by molar-refractivity contribution is 5.95. The van der Waals surface area contributed by atoms with E-state index in [1.807, 2.05) is 37.3 Å². The maximum atomic E-state index is 12.0. The molecule has 5 nitrogen and oxygen atoms in total. The molecule has 132 valence electrons. The van der Waals surface area contributed by atoms with Crippen molar-refractivity contribution in [2.45, 2.75) is 33.1 Å². The van der Waals surface area contributed by atoms with Crippen LogP contribution in [0.1, 0.15) is 41.3 Å². The second kappa shape index (κ2) is 9.47. The van der Waals surface area contributed by atoms with Crippen LogP contribution in [0.25, 0.3) is 0 Å². The Morgan fingerprint density at radius 2 is 1.72 bits per heavy atom. The average molecular weight is 340 g/mol. The number of amides is 2. The summed E-state index contributed by atoms with van der Waals surface area (Å²) in [5, 5.41) is 0. The zero-order valence-electron chi connectivity index (χ0n) is 14.7. The number of ether oxygens (including phenoxy) is 1. The number of hydrogen-bond donors (Lipinski definition) is 2. The van der Waals surface area contributed by atoms with Gasteiger partial charge < -0.3 is 4.74 Å². The molecule has 0 aliphatic rings. The number of benzene rings is 2. The standard InChI is InChI=1S/C20H24N2O3/c1-3-4-8-16-10-12-17(13-11-16)20(24)22-21-19(23)14-25-18-9-6-5-7-15(18)2/h5-7,9-13H,3-4,8,14H2,1-2H3,(H,21,23)(H,22,24). The van der Waals surface area contributed by atoms with Gasteiger partial charge in [-0.3, -0.25) is 20.4 Å². The van der Waals surface area contributed by atoms with Crippen molar-refractivity contribution in [3.63, 3.8) is 0 Å². The van der Waals surface area contributed by atoms with E-state index in [4.69, 9.17) is 4.74 Å². The summed E-state index contributed by atoms with van der Waals surface area (Å²) in [4.78, 5) is 23.8. The first-order valence-corrected chi connectivity index (χ1v) is 8.46. The van der Waals surface area contributed by atoms with Gasteiger partial charge in [-0.1, -0.05) is 43.7 Å². The van der Waals surface area contributed by atoms with E-state index in [1.165, 1.54) is 5.56 Å². The van der Waals surface area contributed by atoms with Crippen molar-refractivity contribution in [3.05, 3.63) is 65.2 Å². The van der Waals surface area contributed by atoms with Gasteiger partial charge in [0.25, 0.3) is 11.8 Å². The number of hydrazine groups is 1. The molecule has 2 rings (SSSR count). The molecular weight excluding hydrogens is 316 g/mol. The quantitative estimate of drug-likeness (QED) is 0.761. The van der Waals surface area contributed by atoms with Crippen molar-refractivity contribution in [1.29, 1.82) is 0 Å². The first kappa shape index (κ1) is 18.5. The summed E-state index contributed by atoms with van der Waals surface area (Å²) in [6.07, 6.45) is 3.27. The Morgan fingerprint density at radius 1 is 1.00 bits per heavy atom. The molecule has 0 saturated carbocycles. The van der Waals surface area contributed by atoms with Crippen LogP contribution in [0.2, 0.25) is 0 Å². The normalized spacial score (nSPS) is 10.2. The molecule has 0 bridgehead atoms.